The fraction of sp³-hybridized carbons (Fsp3) is 0.538. The number of ether oxygens (including phenoxy) is 1. The molecule has 0 aliphatic rings. The molecule has 96 valence electrons. The number of halogens is 1. The van der Waals surface area contributed by atoms with Crippen molar-refractivity contribution in [2.75, 3.05) is 13.7 Å². The van der Waals surface area contributed by atoms with Crippen molar-refractivity contribution in [2.45, 2.75) is 32.4 Å². The summed E-state index contributed by atoms with van der Waals surface area (Å²) in [6.07, 6.45) is 0.762. The molecule has 2 atom stereocenters. The summed E-state index contributed by atoms with van der Waals surface area (Å²) in [5, 5.41) is 12.3. The highest BCUT2D eigenvalue weighted by Crippen LogP contribution is 2.27. The van der Waals surface area contributed by atoms with Crippen LogP contribution in [0.5, 0.6) is 5.75 Å². The van der Waals surface area contributed by atoms with Gasteiger partial charge in [-0.05, 0) is 38.0 Å². The van der Waals surface area contributed by atoms with E-state index in [1.165, 1.54) is 5.56 Å². The van der Waals surface area contributed by atoms with Gasteiger partial charge in [0.15, 0.2) is 0 Å². The minimum Gasteiger partial charge on any atom is -0.497 e. The van der Waals surface area contributed by atoms with Crippen LogP contribution in [0.4, 0.5) is 0 Å². The van der Waals surface area contributed by atoms with Gasteiger partial charge in [0.1, 0.15) is 5.75 Å². The molecule has 0 unspecified atom stereocenters. The lowest BCUT2D eigenvalue weighted by Gasteiger charge is -2.21. The summed E-state index contributed by atoms with van der Waals surface area (Å²) in [4.78, 5) is 0. The second-order valence-corrected chi connectivity index (χ2v) is 5.04. The van der Waals surface area contributed by atoms with Gasteiger partial charge in [-0.25, -0.2) is 0 Å². The Kier molecular flexibility index (Phi) is 5.95. The number of hydrogen-bond donors (Lipinski definition) is 2. The monoisotopic (exact) mass is 301 g/mol. The standard InChI is InChI=1S/C13H20BrNO2/c1-9(6-7-16)15-10(2)12-5-4-11(17-3)8-13(12)14/h4-5,8-10,15-16H,6-7H2,1-3H3/t9-,10-/m1/s1. The molecule has 3 nitrogen and oxygen atoms in total. The van der Waals surface area contributed by atoms with Crippen molar-refractivity contribution in [3.8, 4) is 5.75 Å². The lowest BCUT2D eigenvalue weighted by Crippen LogP contribution is -2.29. The van der Waals surface area contributed by atoms with Crippen LogP contribution in [-0.4, -0.2) is 24.9 Å². The summed E-state index contributed by atoms with van der Waals surface area (Å²) < 4.78 is 6.20. The van der Waals surface area contributed by atoms with Gasteiger partial charge in [0.2, 0.25) is 0 Å². The van der Waals surface area contributed by atoms with Gasteiger partial charge in [-0.1, -0.05) is 22.0 Å². The van der Waals surface area contributed by atoms with Crippen molar-refractivity contribution in [1.29, 1.82) is 0 Å². The van der Waals surface area contributed by atoms with Crippen molar-refractivity contribution in [2.24, 2.45) is 0 Å². The average Bonchev–Trinajstić information content (AvgIpc) is 2.28. The molecule has 0 saturated carbocycles. The first kappa shape index (κ1) is 14.5. The van der Waals surface area contributed by atoms with Gasteiger partial charge in [-0.2, -0.15) is 0 Å². The van der Waals surface area contributed by atoms with E-state index in [0.29, 0.717) is 6.04 Å². The summed E-state index contributed by atoms with van der Waals surface area (Å²) >= 11 is 3.55. The van der Waals surface area contributed by atoms with Crippen molar-refractivity contribution >= 4 is 15.9 Å². The predicted molar refractivity (Wildman–Crippen MR) is 73.4 cm³/mol. The normalized spacial score (nSPS) is 14.4. The zero-order chi connectivity index (χ0) is 12.8. The zero-order valence-corrected chi connectivity index (χ0v) is 12.1. The van der Waals surface area contributed by atoms with Gasteiger partial charge in [-0.15, -0.1) is 0 Å². The summed E-state index contributed by atoms with van der Waals surface area (Å²) in [6.45, 7) is 4.40. The number of rotatable bonds is 6. The van der Waals surface area contributed by atoms with Crippen LogP contribution in [0.1, 0.15) is 31.9 Å². The van der Waals surface area contributed by atoms with E-state index in [9.17, 15) is 0 Å². The molecule has 0 saturated heterocycles. The van der Waals surface area contributed by atoms with Gasteiger partial charge in [0.05, 0.1) is 7.11 Å². The van der Waals surface area contributed by atoms with Crippen molar-refractivity contribution in [3.63, 3.8) is 0 Å². The highest BCUT2D eigenvalue weighted by molar-refractivity contribution is 9.10. The molecule has 1 aromatic rings. The minimum atomic E-state index is 0.213. The molecule has 0 spiro atoms. The van der Waals surface area contributed by atoms with Crippen molar-refractivity contribution in [1.82, 2.24) is 5.32 Å². The third kappa shape index (κ3) is 4.30. The molecule has 1 rings (SSSR count). The fourth-order valence-corrected chi connectivity index (χ4v) is 2.48. The summed E-state index contributed by atoms with van der Waals surface area (Å²) in [7, 11) is 1.66. The Morgan fingerprint density at radius 2 is 2.12 bits per heavy atom. The smallest absolute Gasteiger partial charge is 0.120 e. The maximum Gasteiger partial charge on any atom is 0.120 e. The highest BCUT2D eigenvalue weighted by atomic mass is 79.9. The summed E-state index contributed by atoms with van der Waals surface area (Å²) in [5.74, 6) is 0.844. The van der Waals surface area contributed by atoms with Gasteiger partial charge in [0.25, 0.3) is 0 Å². The number of aliphatic hydroxyl groups is 1. The van der Waals surface area contributed by atoms with E-state index in [4.69, 9.17) is 9.84 Å². The Labute approximate surface area is 111 Å². The maximum atomic E-state index is 8.88. The predicted octanol–water partition coefficient (Wildman–Crippen LogP) is 2.88. The summed E-state index contributed by atoms with van der Waals surface area (Å²) in [5.41, 5.74) is 1.19. The average molecular weight is 302 g/mol. The Bertz CT molecular complexity index is 357. The van der Waals surface area contributed by atoms with Crippen LogP contribution in [0.2, 0.25) is 0 Å². The van der Waals surface area contributed by atoms with Crippen LogP contribution in [0.25, 0.3) is 0 Å². The molecule has 0 aromatic heterocycles. The first-order valence-corrected chi connectivity index (χ1v) is 6.58. The van der Waals surface area contributed by atoms with Crippen molar-refractivity contribution in [3.05, 3.63) is 28.2 Å². The second kappa shape index (κ2) is 6.99. The van der Waals surface area contributed by atoms with E-state index < -0.39 is 0 Å². The van der Waals surface area contributed by atoms with Crippen LogP contribution < -0.4 is 10.1 Å². The van der Waals surface area contributed by atoms with Crippen LogP contribution in [0.15, 0.2) is 22.7 Å². The second-order valence-electron chi connectivity index (χ2n) is 4.19. The number of methoxy groups -OCH3 is 1. The van der Waals surface area contributed by atoms with E-state index in [1.54, 1.807) is 7.11 Å². The van der Waals surface area contributed by atoms with E-state index in [2.05, 4.69) is 35.1 Å². The Morgan fingerprint density at radius 3 is 2.65 bits per heavy atom. The molecule has 0 heterocycles. The van der Waals surface area contributed by atoms with Crippen LogP contribution in [0.3, 0.4) is 0 Å². The fourth-order valence-electron chi connectivity index (χ4n) is 1.78. The topological polar surface area (TPSA) is 41.5 Å². The molecular weight excluding hydrogens is 282 g/mol. The Morgan fingerprint density at radius 1 is 1.41 bits per heavy atom. The van der Waals surface area contributed by atoms with Gasteiger partial charge in [-0.3, -0.25) is 0 Å². The van der Waals surface area contributed by atoms with Crippen molar-refractivity contribution < 1.29 is 9.84 Å². The molecule has 0 amide bonds. The number of benzene rings is 1. The van der Waals surface area contributed by atoms with Crippen LogP contribution >= 0.6 is 15.9 Å². The third-order valence-corrected chi connectivity index (χ3v) is 3.46. The lowest BCUT2D eigenvalue weighted by molar-refractivity contribution is 0.264. The van der Waals surface area contributed by atoms with E-state index >= 15 is 0 Å². The molecule has 2 N–H and O–H groups in total. The molecule has 1 aromatic carbocycles. The van der Waals surface area contributed by atoms with Crippen LogP contribution in [-0.2, 0) is 0 Å². The lowest BCUT2D eigenvalue weighted by atomic mass is 10.1. The number of aliphatic hydroxyl groups excluding tert-OH is 1. The van der Waals surface area contributed by atoms with E-state index in [-0.39, 0.29) is 12.6 Å². The molecule has 4 heteroatoms. The molecule has 0 aliphatic carbocycles. The first-order valence-electron chi connectivity index (χ1n) is 5.78. The van der Waals surface area contributed by atoms with Crippen LogP contribution in [0, 0.1) is 0 Å². The molecule has 0 fully saturated rings. The Balaban J connectivity index is 2.71. The highest BCUT2D eigenvalue weighted by Gasteiger charge is 2.12. The zero-order valence-electron chi connectivity index (χ0n) is 10.5. The first-order chi connectivity index (χ1) is 8.08. The van der Waals surface area contributed by atoms with Gasteiger partial charge >= 0.3 is 0 Å². The molecule has 0 radical (unpaired) electrons. The maximum absolute atomic E-state index is 8.88. The quantitative estimate of drug-likeness (QED) is 0.849. The number of nitrogens with one attached hydrogen (secondary N) is 1. The SMILES string of the molecule is COc1ccc([C@@H](C)N[C@H](C)CCO)c(Br)c1. The molecule has 17 heavy (non-hydrogen) atoms. The van der Waals surface area contributed by atoms with Gasteiger partial charge < -0.3 is 15.2 Å². The number of hydrogen-bond acceptors (Lipinski definition) is 3. The van der Waals surface area contributed by atoms with E-state index in [1.807, 2.05) is 18.2 Å². The largest absolute Gasteiger partial charge is 0.497 e. The molecular formula is C13H20BrNO2. The Hall–Kier alpha value is -0.580. The molecule has 0 aliphatic heterocycles. The molecule has 0 bridgehead atoms. The minimum absolute atomic E-state index is 0.213. The van der Waals surface area contributed by atoms with E-state index in [0.717, 1.165) is 16.6 Å². The summed E-state index contributed by atoms with van der Waals surface area (Å²) in [6, 6.07) is 6.49. The van der Waals surface area contributed by atoms with Gasteiger partial charge in [0, 0.05) is 23.2 Å². The third-order valence-electron chi connectivity index (χ3n) is 2.77.